The van der Waals surface area contributed by atoms with Crippen molar-refractivity contribution in [1.29, 1.82) is 0 Å². The molecule has 1 amide bonds. The molecule has 0 heterocycles. The number of rotatable bonds is 4. The van der Waals surface area contributed by atoms with Gasteiger partial charge in [0.15, 0.2) is 0 Å². The van der Waals surface area contributed by atoms with Crippen molar-refractivity contribution < 1.29 is 4.79 Å². The van der Waals surface area contributed by atoms with E-state index in [2.05, 4.69) is 5.32 Å². The lowest BCUT2D eigenvalue weighted by Gasteiger charge is -2.20. The summed E-state index contributed by atoms with van der Waals surface area (Å²) in [6.07, 6.45) is 5.93. The number of fused-ring (bicyclic) bond motifs is 2. The van der Waals surface area contributed by atoms with Crippen LogP contribution >= 0.6 is 12.2 Å². The number of anilines is 1. The van der Waals surface area contributed by atoms with Crippen molar-refractivity contribution >= 4 is 28.8 Å². The maximum atomic E-state index is 12.2. The molecule has 0 saturated heterocycles. The molecule has 4 heteroatoms. The van der Waals surface area contributed by atoms with Crippen LogP contribution in [0.4, 0.5) is 5.69 Å². The molecule has 0 spiro atoms. The number of carbonyl (C=O) groups excluding carboxylic acids is 1. The maximum absolute atomic E-state index is 12.2. The zero-order valence-corrected chi connectivity index (χ0v) is 12.3. The lowest BCUT2D eigenvalue weighted by molar-refractivity contribution is -0.117. The summed E-state index contributed by atoms with van der Waals surface area (Å²) in [5.41, 5.74) is 7.18. The fourth-order valence-electron chi connectivity index (χ4n) is 3.83. The predicted octanol–water partition coefficient (Wildman–Crippen LogP) is 3.09. The van der Waals surface area contributed by atoms with Crippen molar-refractivity contribution in [3.05, 3.63) is 29.8 Å². The predicted molar refractivity (Wildman–Crippen MR) is 84.5 cm³/mol. The van der Waals surface area contributed by atoms with Crippen molar-refractivity contribution in [2.24, 2.45) is 23.5 Å². The Morgan fingerprint density at radius 3 is 2.85 bits per heavy atom. The minimum atomic E-state index is 0.114. The first-order valence-corrected chi connectivity index (χ1v) is 7.72. The fraction of sp³-hybridized carbons (Fsp3) is 0.500. The molecule has 106 valence electrons. The first-order valence-electron chi connectivity index (χ1n) is 7.31. The summed E-state index contributed by atoms with van der Waals surface area (Å²) >= 11 is 4.95. The fourth-order valence-corrected chi connectivity index (χ4v) is 3.95. The second-order valence-corrected chi connectivity index (χ2v) is 6.57. The van der Waals surface area contributed by atoms with E-state index in [-0.39, 0.29) is 5.91 Å². The van der Waals surface area contributed by atoms with E-state index in [4.69, 9.17) is 18.0 Å². The molecule has 20 heavy (non-hydrogen) atoms. The van der Waals surface area contributed by atoms with Gasteiger partial charge in [0.2, 0.25) is 5.91 Å². The summed E-state index contributed by atoms with van der Waals surface area (Å²) < 4.78 is 0. The molecule has 2 aliphatic rings. The molecule has 3 N–H and O–H groups in total. The van der Waals surface area contributed by atoms with E-state index in [1.54, 1.807) is 0 Å². The second kappa shape index (κ2) is 5.52. The van der Waals surface area contributed by atoms with Crippen LogP contribution in [0.5, 0.6) is 0 Å². The SMILES string of the molecule is NC(=S)c1cccc(NC(=O)CC2CC3CCC2C3)c1. The highest BCUT2D eigenvalue weighted by molar-refractivity contribution is 7.80. The van der Waals surface area contributed by atoms with Gasteiger partial charge in [-0.15, -0.1) is 0 Å². The Morgan fingerprint density at radius 1 is 1.35 bits per heavy atom. The summed E-state index contributed by atoms with van der Waals surface area (Å²) in [5.74, 6) is 2.37. The minimum Gasteiger partial charge on any atom is -0.389 e. The van der Waals surface area contributed by atoms with Crippen LogP contribution in [-0.4, -0.2) is 10.9 Å². The van der Waals surface area contributed by atoms with Gasteiger partial charge in [0, 0.05) is 17.7 Å². The van der Waals surface area contributed by atoms with Crippen molar-refractivity contribution in [1.82, 2.24) is 0 Å². The average molecular weight is 288 g/mol. The highest BCUT2D eigenvalue weighted by atomic mass is 32.1. The van der Waals surface area contributed by atoms with Crippen molar-refractivity contribution in [2.75, 3.05) is 5.32 Å². The molecule has 2 fully saturated rings. The number of amides is 1. The molecule has 0 aliphatic heterocycles. The van der Waals surface area contributed by atoms with E-state index in [9.17, 15) is 4.79 Å². The van der Waals surface area contributed by atoms with Gasteiger partial charge in [0.05, 0.1) is 0 Å². The molecule has 3 atom stereocenters. The first-order chi connectivity index (χ1) is 9.61. The standard InChI is InChI=1S/C16H20N2OS/c17-16(20)12-2-1-3-14(8-12)18-15(19)9-13-7-10-4-5-11(13)6-10/h1-3,8,10-11,13H,4-7,9H2,(H2,17,20)(H,18,19). The van der Waals surface area contributed by atoms with Crippen LogP contribution in [0, 0.1) is 17.8 Å². The van der Waals surface area contributed by atoms with Crippen LogP contribution in [0.3, 0.4) is 0 Å². The Labute approximate surface area is 124 Å². The van der Waals surface area contributed by atoms with Gasteiger partial charge in [0.1, 0.15) is 4.99 Å². The lowest BCUT2D eigenvalue weighted by atomic mass is 9.86. The second-order valence-electron chi connectivity index (χ2n) is 6.13. The number of nitrogens with two attached hydrogens (primary N) is 1. The van der Waals surface area contributed by atoms with Gasteiger partial charge in [-0.05, 0) is 49.1 Å². The molecule has 3 rings (SSSR count). The Bertz CT molecular complexity index is 543. The van der Waals surface area contributed by atoms with Crippen LogP contribution in [0.15, 0.2) is 24.3 Å². The van der Waals surface area contributed by atoms with E-state index in [1.165, 1.54) is 25.7 Å². The van der Waals surface area contributed by atoms with E-state index in [0.717, 1.165) is 23.1 Å². The molecule has 3 nitrogen and oxygen atoms in total. The van der Waals surface area contributed by atoms with E-state index < -0.39 is 0 Å². The van der Waals surface area contributed by atoms with Crippen molar-refractivity contribution in [2.45, 2.75) is 32.1 Å². The number of nitrogens with one attached hydrogen (secondary N) is 1. The van der Waals surface area contributed by atoms with Gasteiger partial charge in [-0.1, -0.05) is 30.8 Å². The molecular formula is C16H20N2OS. The van der Waals surface area contributed by atoms with Crippen LogP contribution in [0.2, 0.25) is 0 Å². The Kier molecular flexibility index (Phi) is 3.74. The maximum Gasteiger partial charge on any atom is 0.224 e. The average Bonchev–Trinajstić information content (AvgIpc) is 3.01. The van der Waals surface area contributed by atoms with E-state index in [0.29, 0.717) is 17.3 Å². The van der Waals surface area contributed by atoms with E-state index >= 15 is 0 Å². The highest BCUT2D eigenvalue weighted by Crippen LogP contribution is 2.49. The smallest absolute Gasteiger partial charge is 0.224 e. The zero-order chi connectivity index (χ0) is 14.1. The van der Waals surface area contributed by atoms with Gasteiger partial charge in [0.25, 0.3) is 0 Å². The van der Waals surface area contributed by atoms with Gasteiger partial charge < -0.3 is 11.1 Å². The molecule has 2 bridgehead atoms. The third kappa shape index (κ3) is 2.85. The molecule has 0 aromatic heterocycles. The summed E-state index contributed by atoms with van der Waals surface area (Å²) in [6.45, 7) is 0. The summed E-state index contributed by atoms with van der Waals surface area (Å²) in [4.78, 5) is 12.5. The largest absolute Gasteiger partial charge is 0.389 e. The minimum absolute atomic E-state index is 0.114. The quantitative estimate of drug-likeness (QED) is 0.837. The normalized spacial score (nSPS) is 27.5. The number of thiocarbonyl (C=S) groups is 1. The van der Waals surface area contributed by atoms with Gasteiger partial charge >= 0.3 is 0 Å². The topological polar surface area (TPSA) is 55.1 Å². The summed E-state index contributed by atoms with van der Waals surface area (Å²) in [6, 6.07) is 7.43. The third-order valence-electron chi connectivity index (χ3n) is 4.76. The third-order valence-corrected chi connectivity index (χ3v) is 5.00. The van der Waals surface area contributed by atoms with Gasteiger partial charge in [-0.3, -0.25) is 4.79 Å². The molecule has 1 aromatic carbocycles. The number of benzene rings is 1. The highest BCUT2D eigenvalue weighted by Gasteiger charge is 2.40. The number of hydrogen-bond acceptors (Lipinski definition) is 2. The zero-order valence-electron chi connectivity index (χ0n) is 11.5. The lowest BCUT2D eigenvalue weighted by Crippen LogP contribution is -2.20. The summed E-state index contributed by atoms with van der Waals surface area (Å²) in [5, 5.41) is 2.97. The van der Waals surface area contributed by atoms with Crippen LogP contribution in [0.1, 0.15) is 37.7 Å². The van der Waals surface area contributed by atoms with Gasteiger partial charge in [-0.25, -0.2) is 0 Å². The van der Waals surface area contributed by atoms with Crippen LogP contribution in [0.25, 0.3) is 0 Å². The Morgan fingerprint density at radius 2 is 2.20 bits per heavy atom. The van der Waals surface area contributed by atoms with Crippen LogP contribution in [-0.2, 0) is 4.79 Å². The molecule has 2 saturated carbocycles. The number of carbonyl (C=O) groups is 1. The van der Waals surface area contributed by atoms with Crippen molar-refractivity contribution in [3.8, 4) is 0 Å². The number of hydrogen-bond donors (Lipinski definition) is 2. The monoisotopic (exact) mass is 288 g/mol. The van der Waals surface area contributed by atoms with Crippen molar-refractivity contribution in [3.63, 3.8) is 0 Å². The molecule has 0 radical (unpaired) electrons. The first kappa shape index (κ1) is 13.6. The van der Waals surface area contributed by atoms with Gasteiger partial charge in [-0.2, -0.15) is 0 Å². The Hall–Kier alpha value is -1.42. The molecule has 3 unspecified atom stereocenters. The molecular weight excluding hydrogens is 268 g/mol. The summed E-state index contributed by atoms with van der Waals surface area (Å²) in [7, 11) is 0. The molecule has 1 aromatic rings. The molecule has 2 aliphatic carbocycles. The van der Waals surface area contributed by atoms with Crippen LogP contribution < -0.4 is 11.1 Å². The Balaban J connectivity index is 1.59. The van der Waals surface area contributed by atoms with E-state index in [1.807, 2.05) is 24.3 Å².